The molecular formula is C27H23FN4O4S. The molecule has 2 aliphatic rings. The first-order chi connectivity index (χ1) is 17.8. The SMILES string of the molecule is CCOC(=O)C1=C(C)N=c2s/c(=C/[C@H]3C(=O)N(c4ccccc4)N=C3C)c(=O)n2[C@H]1c1ccc(F)cc1. The average Bonchev–Trinajstić information content (AvgIpc) is 3.34. The van der Waals surface area contributed by atoms with Gasteiger partial charge in [-0.25, -0.2) is 14.2 Å². The third-order valence-corrected chi connectivity index (χ3v) is 7.21. The van der Waals surface area contributed by atoms with Crippen LogP contribution in [-0.2, 0) is 14.3 Å². The highest BCUT2D eigenvalue weighted by molar-refractivity contribution is 7.07. The van der Waals surface area contributed by atoms with E-state index < -0.39 is 29.3 Å². The maximum atomic E-state index is 13.7. The lowest BCUT2D eigenvalue weighted by molar-refractivity contribution is -0.139. The maximum absolute atomic E-state index is 13.7. The predicted molar refractivity (Wildman–Crippen MR) is 138 cm³/mol. The van der Waals surface area contributed by atoms with Gasteiger partial charge in [0.25, 0.3) is 11.5 Å². The number of ether oxygens (including phenoxy) is 1. The van der Waals surface area contributed by atoms with Gasteiger partial charge in [-0.15, -0.1) is 0 Å². The second kappa shape index (κ2) is 9.70. The molecule has 0 saturated heterocycles. The van der Waals surface area contributed by atoms with Crippen molar-refractivity contribution in [2.75, 3.05) is 11.6 Å². The quantitative estimate of drug-likeness (QED) is 0.486. The van der Waals surface area contributed by atoms with Crippen LogP contribution in [0.2, 0.25) is 0 Å². The van der Waals surface area contributed by atoms with Gasteiger partial charge in [0.05, 0.1) is 39.9 Å². The molecular weight excluding hydrogens is 495 g/mol. The first kappa shape index (κ1) is 24.5. The lowest BCUT2D eigenvalue weighted by atomic mass is 9.96. The molecule has 0 unspecified atom stereocenters. The number of hydrogen-bond acceptors (Lipinski definition) is 7. The maximum Gasteiger partial charge on any atom is 0.338 e. The summed E-state index contributed by atoms with van der Waals surface area (Å²) >= 11 is 1.12. The van der Waals surface area contributed by atoms with E-state index in [1.165, 1.54) is 33.8 Å². The second-order valence-electron chi connectivity index (χ2n) is 8.58. The first-order valence-corrected chi connectivity index (χ1v) is 12.5. The summed E-state index contributed by atoms with van der Waals surface area (Å²) in [6, 6.07) is 13.8. The molecule has 0 N–H and O–H groups in total. The van der Waals surface area contributed by atoms with Gasteiger partial charge in [0.1, 0.15) is 11.7 Å². The van der Waals surface area contributed by atoms with Crippen molar-refractivity contribution in [2.45, 2.75) is 26.8 Å². The number of carbonyl (C=O) groups is 2. The van der Waals surface area contributed by atoms with Crippen LogP contribution in [0.15, 0.2) is 80.8 Å². The van der Waals surface area contributed by atoms with Crippen molar-refractivity contribution in [2.24, 2.45) is 16.0 Å². The molecule has 2 aliphatic heterocycles. The summed E-state index contributed by atoms with van der Waals surface area (Å²) in [6.45, 7) is 5.26. The van der Waals surface area contributed by atoms with Gasteiger partial charge in [0, 0.05) is 0 Å². The smallest absolute Gasteiger partial charge is 0.338 e. The number of aromatic nitrogens is 1. The Balaban J connectivity index is 1.63. The minimum Gasteiger partial charge on any atom is -0.463 e. The summed E-state index contributed by atoms with van der Waals surface area (Å²) in [4.78, 5) is 44.7. The second-order valence-corrected chi connectivity index (χ2v) is 9.59. The number of anilines is 1. The molecule has 0 saturated carbocycles. The minimum absolute atomic E-state index is 0.149. The van der Waals surface area contributed by atoms with E-state index in [9.17, 15) is 18.8 Å². The monoisotopic (exact) mass is 518 g/mol. The summed E-state index contributed by atoms with van der Waals surface area (Å²) in [7, 11) is 0. The molecule has 1 amide bonds. The zero-order valence-corrected chi connectivity index (χ0v) is 21.2. The van der Waals surface area contributed by atoms with E-state index in [0.29, 0.717) is 32.0 Å². The Morgan fingerprint density at radius 2 is 1.81 bits per heavy atom. The van der Waals surface area contributed by atoms with Crippen molar-refractivity contribution in [1.82, 2.24) is 4.57 Å². The number of halogens is 1. The fraction of sp³-hybridized carbons (Fsp3) is 0.222. The number of hydrogen-bond donors (Lipinski definition) is 0. The Labute approximate surface area is 215 Å². The Morgan fingerprint density at radius 3 is 2.49 bits per heavy atom. The molecule has 0 fully saturated rings. The fourth-order valence-corrected chi connectivity index (χ4v) is 5.50. The normalized spacial score (nSPS) is 19.6. The van der Waals surface area contributed by atoms with Crippen LogP contribution in [0.25, 0.3) is 6.08 Å². The highest BCUT2D eigenvalue weighted by Crippen LogP contribution is 2.31. The van der Waals surface area contributed by atoms with Gasteiger partial charge in [-0.1, -0.05) is 41.7 Å². The van der Waals surface area contributed by atoms with Crippen molar-refractivity contribution in [3.8, 4) is 0 Å². The third-order valence-electron chi connectivity index (χ3n) is 6.20. The van der Waals surface area contributed by atoms with Crippen molar-refractivity contribution < 1.29 is 18.7 Å². The van der Waals surface area contributed by atoms with Crippen molar-refractivity contribution in [3.05, 3.63) is 96.9 Å². The number of fused-ring (bicyclic) bond motifs is 1. The largest absolute Gasteiger partial charge is 0.463 e. The molecule has 2 aromatic carbocycles. The Hall–Kier alpha value is -4.18. The number of rotatable bonds is 5. The number of hydrazone groups is 1. The number of nitrogens with zero attached hydrogens (tertiary/aromatic N) is 4. The van der Waals surface area contributed by atoms with Gasteiger partial charge < -0.3 is 4.74 Å². The number of thiazole rings is 1. The molecule has 0 radical (unpaired) electrons. The third kappa shape index (κ3) is 4.33. The summed E-state index contributed by atoms with van der Waals surface area (Å²) in [5.74, 6) is -2.03. The van der Waals surface area contributed by atoms with E-state index in [1.807, 2.05) is 18.2 Å². The minimum atomic E-state index is -0.854. The average molecular weight is 519 g/mol. The van der Waals surface area contributed by atoms with Gasteiger partial charge in [-0.05, 0) is 56.7 Å². The number of esters is 1. The lowest BCUT2D eigenvalue weighted by Gasteiger charge is -2.24. The van der Waals surface area contributed by atoms with Crippen molar-refractivity contribution in [3.63, 3.8) is 0 Å². The van der Waals surface area contributed by atoms with E-state index in [1.54, 1.807) is 39.0 Å². The van der Waals surface area contributed by atoms with Crippen LogP contribution in [0.3, 0.4) is 0 Å². The van der Waals surface area contributed by atoms with Crippen LogP contribution in [0.1, 0.15) is 32.4 Å². The van der Waals surface area contributed by atoms with Gasteiger partial charge in [-0.3, -0.25) is 14.2 Å². The Bertz CT molecular complexity index is 1640. The Morgan fingerprint density at radius 1 is 1.11 bits per heavy atom. The van der Waals surface area contributed by atoms with Gasteiger partial charge in [0.2, 0.25) is 0 Å². The predicted octanol–water partition coefficient (Wildman–Crippen LogP) is 2.93. The topological polar surface area (TPSA) is 93.3 Å². The van der Waals surface area contributed by atoms with Gasteiger partial charge in [-0.2, -0.15) is 10.1 Å². The van der Waals surface area contributed by atoms with Gasteiger partial charge in [0.15, 0.2) is 4.80 Å². The van der Waals surface area contributed by atoms with Crippen LogP contribution >= 0.6 is 11.3 Å². The molecule has 5 rings (SSSR count). The van der Waals surface area contributed by atoms with Crippen LogP contribution in [0.5, 0.6) is 0 Å². The molecule has 8 nitrogen and oxygen atoms in total. The highest BCUT2D eigenvalue weighted by Gasteiger charge is 2.35. The zero-order valence-electron chi connectivity index (χ0n) is 20.3. The van der Waals surface area contributed by atoms with E-state index in [-0.39, 0.29) is 18.1 Å². The molecule has 188 valence electrons. The molecule has 2 atom stereocenters. The van der Waals surface area contributed by atoms with Crippen molar-refractivity contribution in [1.29, 1.82) is 0 Å². The van der Waals surface area contributed by atoms with Crippen LogP contribution in [-0.4, -0.2) is 28.8 Å². The molecule has 0 aliphatic carbocycles. The number of carbonyl (C=O) groups excluding carboxylic acids is 2. The standard InChI is InChI=1S/C27H23FN4O4S/c1-4-36-26(35)22-16(3)29-27-31(23(22)17-10-12-18(28)13-11-17)25(34)21(37-27)14-20-15(2)30-32(24(20)33)19-8-6-5-7-9-19/h5-14,20,23H,4H2,1-3H3/b21-14+/t20-,23+/m1/s1. The summed E-state index contributed by atoms with van der Waals surface area (Å²) in [5.41, 5.74) is 1.93. The summed E-state index contributed by atoms with van der Waals surface area (Å²) in [5, 5.41) is 5.74. The van der Waals surface area contributed by atoms with Crippen LogP contribution in [0.4, 0.5) is 10.1 Å². The molecule has 10 heteroatoms. The van der Waals surface area contributed by atoms with E-state index in [4.69, 9.17) is 4.74 Å². The molecule has 0 spiro atoms. The molecule has 3 heterocycles. The summed E-state index contributed by atoms with van der Waals surface area (Å²) < 4.78 is 20.7. The van der Waals surface area contributed by atoms with Crippen LogP contribution < -0.4 is 19.9 Å². The highest BCUT2D eigenvalue weighted by atomic mass is 32.1. The lowest BCUT2D eigenvalue weighted by Crippen LogP contribution is -2.40. The van der Waals surface area contributed by atoms with E-state index in [2.05, 4.69) is 10.1 Å². The van der Waals surface area contributed by atoms with Gasteiger partial charge >= 0.3 is 5.97 Å². The molecule has 37 heavy (non-hydrogen) atoms. The van der Waals surface area contributed by atoms with E-state index >= 15 is 0 Å². The van der Waals surface area contributed by atoms with E-state index in [0.717, 1.165) is 11.3 Å². The Kier molecular flexibility index (Phi) is 6.43. The number of amides is 1. The number of para-hydroxylation sites is 1. The molecule has 0 bridgehead atoms. The molecule has 3 aromatic rings. The van der Waals surface area contributed by atoms with Crippen LogP contribution in [0, 0.1) is 11.7 Å². The number of benzene rings is 2. The van der Waals surface area contributed by atoms with Crippen molar-refractivity contribution >= 4 is 40.7 Å². The zero-order chi connectivity index (χ0) is 26.3. The number of allylic oxidation sites excluding steroid dienone is 1. The summed E-state index contributed by atoms with van der Waals surface area (Å²) in [6.07, 6.45) is 1.60. The first-order valence-electron chi connectivity index (χ1n) is 11.7. The fourth-order valence-electron chi connectivity index (χ4n) is 4.44. The molecule has 1 aromatic heterocycles.